The lowest BCUT2D eigenvalue weighted by Gasteiger charge is -2.38. The molecule has 14 heteroatoms. The fourth-order valence-electron chi connectivity index (χ4n) is 4.89. The van der Waals surface area contributed by atoms with Crippen LogP contribution in [-0.2, 0) is 27.4 Å². The maximum Gasteiger partial charge on any atom is 0.350 e. The van der Waals surface area contributed by atoms with E-state index in [-0.39, 0.29) is 22.7 Å². The highest BCUT2D eigenvalue weighted by Gasteiger charge is 2.35. The normalized spacial score (nSPS) is 16.8. The number of esters is 1. The third-order valence-electron chi connectivity index (χ3n) is 7.18. The van der Waals surface area contributed by atoms with Gasteiger partial charge in [-0.25, -0.2) is 14.8 Å². The fraction of sp³-hybridized carbons (Fsp3) is 0.379. The number of hydrogen-bond acceptors (Lipinski definition) is 9. The fourth-order valence-corrected chi connectivity index (χ4v) is 6.32. The monoisotopic (exact) mass is 646 g/mol. The van der Waals surface area contributed by atoms with Gasteiger partial charge in [0.15, 0.2) is 11.0 Å². The van der Waals surface area contributed by atoms with E-state index in [1.54, 1.807) is 20.2 Å². The van der Waals surface area contributed by atoms with E-state index < -0.39 is 12.1 Å². The van der Waals surface area contributed by atoms with Gasteiger partial charge in [0.2, 0.25) is 0 Å². The molecule has 5 rings (SSSR count). The molecule has 11 nitrogen and oxygen atoms in total. The van der Waals surface area contributed by atoms with E-state index in [2.05, 4.69) is 20.2 Å². The van der Waals surface area contributed by atoms with Gasteiger partial charge in [-0.05, 0) is 18.9 Å². The molecule has 0 spiro atoms. The van der Waals surface area contributed by atoms with Crippen molar-refractivity contribution in [2.24, 2.45) is 0 Å². The molecule has 228 valence electrons. The van der Waals surface area contributed by atoms with Crippen LogP contribution >= 0.6 is 34.5 Å². The Kier molecular flexibility index (Phi) is 10.0. The van der Waals surface area contributed by atoms with Crippen molar-refractivity contribution in [1.82, 2.24) is 24.8 Å². The number of carbonyl (C=O) groups excluding carboxylic acids is 2. The van der Waals surface area contributed by atoms with Gasteiger partial charge in [0.25, 0.3) is 5.91 Å². The Balaban J connectivity index is 1.40. The average molecular weight is 648 g/mol. The van der Waals surface area contributed by atoms with Crippen molar-refractivity contribution in [2.75, 3.05) is 38.8 Å². The zero-order chi connectivity index (χ0) is 30.5. The molecule has 1 fully saturated rings. The minimum absolute atomic E-state index is 0.186. The average Bonchev–Trinajstić information content (AvgIpc) is 3.74. The van der Waals surface area contributed by atoms with Crippen molar-refractivity contribution in [3.63, 3.8) is 0 Å². The molecule has 1 aliphatic heterocycles. The SMILES string of the molecule is COCCn1ccnc1-c1nc(N2CC[C@@H](NC(=O)c3[nH]c(C)c(Cl)c3Cl)[C@@H](OCc3ccccc3)C2)sc1C(=O)OC. The van der Waals surface area contributed by atoms with E-state index in [0.717, 1.165) is 5.56 Å². The van der Waals surface area contributed by atoms with E-state index in [1.807, 2.05) is 41.1 Å². The van der Waals surface area contributed by atoms with Gasteiger partial charge in [0.1, 0.15) is 16.3 Å². The van der Waals surface area contributed by atoms with Crippen molar-refractivity contribution in [3.05, 3.63) is 74.6 Å². The number of piperidine rings is 1. The van der Waals surface area contributed by atoms with Gasteiger partial charge in [0, 0.05) is 44.8 Å². The van der Waals surface area contributed by atoms with E-state index in [4.69, 9.17) is 42.4 Å². The molecule has 2 atom stereocenters. The first-order valence-corrected chi connectivity index (χ1v) is 15.2. The summed E-state index contributed by atoms with van der Waals surface area (Å²) in [5.41, 5.74) is 2.28. The molecular weight excluding hydrogens is 615 g/mol. The summed E-state index contributed by atoms with van der Waals surface area (Å²) in [6.07, 6.45) is 3.64. The van der Waals surface area contributed by atoms with Crippen LogP contribution in [0, 0.1) is 6.92 Å². The first-order chi connectivity index (χ1) is 20.8. The highest BCUT2D eigenvalue weighted by atomic mass is 35.5. The number of halogens is 2. The van der Waals surface area contributed by atoms with Gasteiger partial charge in [-0.2, -0.15) is 0 Å². The summed E-state index contributed by atoms with van der Waals surface area (Å²) in [5, 5.41) is 4.22. The van der Waals surface area contributed by atoms with Crippen molar-refractivity contribution < 1.29 is 23.8 Å². The van der Waals surface area contributed by atoms with Crippen LogP contribution < -0.4 is 10.2 Å². The number of carbonyl (C=O) groups is 2. The van der Waals surface area contributed by atoms with Gasteiger partial charge in [-0.1, -0.05) is 64.9 Å². The number of rotatable bonds is 11. The Hall–Kier alpha value is -3.42. The molecule has 1 aromatic carbocycles. The number of imidazole rings is 1. The lowest BCUT2D eigenvalue weighted by atomic mass is 10.0. The van der Waals surface area contributed by atoms with Gasteiger partial charge >= 0.3 is 5.97 Å². The molecule has 0 bridgehead atoms. The summed E-state index contributed by atoms with van der Waals surface area (Å²) in [6.45, 7) is 4.11. The number of anilines is 1. The van der Waals surface area contributed by atoms with Gasteiger partial charge in [-0.15, -0.1) is 0 Å². The summed E-state index contributed by atoms with van der Waals surface area (Å²) in [4.78, 5) is 40.8. The number of hydrogen-bond donors (Lipinski definition) is 2. The van der Waals surface area contributed by atoms with Crippen LogP contribution in [0.25, 0.3) is 11.5 Å². The number of aromatic nitrogens is 4. The van der Waals surface area contributed by atoms with Crippen LogP contribution in [0.2, 0.25) is 10.0 Å². The summed E-state index contributed by atoms with van der Waals surface area (Å²) in [5.74, 6) is -0.300. The summed E-state index contributed by atoms with van der Waals surface area (Å²) in [6, 6.07) is 9.50. The summed E-state index contributed by atoms with van der Waals surface area (Å²) >= 11 is 13.8. The molecule has 1 amide bonds. The quantitative estimate of drug-likeness (QED) is 0.219. The molecule has 0 unspecified atom stereocenters. The van der Waals surface area contributed by atoms with Gasteiger partial charge < -0.3 is 34.0 Å². The summed E-state index contributed by atoms with van der Waals surface area (Å²) < 4.78 is 18.6. The molecule has 3 aromatic heterocycles. The minimum atomic E-state index is -0.490. The number of nitrogens with zero attached hydrogens (tertiary/aromatic N) is 4. The molecule has 0 aliphatic carbocycles. The highest BCUT2D eigenvalue weighted by Crippen LogP contribution is 2.35. The Morgan fingerprint density at radius 3 is 2.67 bits per heavy atom. The predicted octanol–water partition coefficient (Wildman–Crippen LogP) is 4.98. The van der Waals surface area contributed by atoms with E-state index >= 15 is 0 Å². The Morgan fingerprint density at radius 1 is 1.19 bits per heavy atom. The standard InChI is InChI=1S/C29H32Cl2N6O5S/c1-17-21(30)22(31)23(33-17)27(38)34-19-9-11-37(15-20(19)42-16-18-7-5-4-6-8-18)29-35-24(25(43-29)28(39)41-3)26-32-10-12-36(26)13-14-40-2/h4-8,10,12,19-20,33H,9,11,13-16H2,1-3H3,(H,34,38)/t19-,20+/m1/s1. The number of methoxy groups -OCH3 is 2. The molecule has 1 saturated heterocycles. The third-order valence-corrected chi connectivity index (χ3v) is 9.23. The smallest absolute Gasteiger partial charge is 0.350 e. The van der Waals surface area contributed by atoms with Crippen LogP contribution in [0.15, 0.2) is 42.7 Å². The van der Waals surface area contributed by atoms with E-state index in [9.17, 15) is 9.59 Å². The van der Waals surface area contributed by atoms with Crippen LogP contribution in [0.5, 0.6) is 0 Å². The zero-order valence-electron chi connectivity index (χ0n) is 23.9. The van der Waals surface area contributed by atoms with Crippen molar-refractivity contribution in [1.29, 1.82) is 0 Å². The molecule has 4 aromatic rings. The van der Waals surface area contributed by atoms with Crippen LogP contribution in [0.1, 0.15) is 37.8 Å². The molecule has 43 heavy (non-hydrogen) atoms. The number of benzene rings is 1. The second kappa shape index (κ2) is 13.9. The number of amides is 1. The maximum absolute atomic E-state index is 13.2. The topological polar surface area (TPSA) is 124 Å². The Bertz CT molecular complexity index is 1570. The Morgan fingerprint density at radius 2 is 1.98 bits per heavy atom. The van der Waals surface area contributed by atoms with E-state index in [0.29, 0.717) is 71.5 Å². The molecule has 4 heterocycles. The summed E-state index contributed by atoms with van der Waals surface area (Å²) in [7, 11) is 2.97. The number of thiazole rings is 1. The van der Waals surface area contributed by atoms with Gasteiger partial charge in [-0.3, -0.25) is 4.79 Å². The number of nitrogens with one attached hydrogen (secondary N) is 2. The first-order valence-electron chi connectivity index (χ1n) is 13.6. The maximum atomic E-state index is 13.2. The molecule has 0 saturated carbocycles. The van der Waals surface area contributed by atoms with Crippen molar-refractivity contribution in [2.45, 2.75) is 38.6 Å². The lowest BCUT2D eigenvalue weighted by molar-refractivity contribution is 0.00967. The number of aryl methyl sites for hydroxylation is 1. The molecule has 2 N–H and O–H groups in total. The largest absolute Gasteiger partial charge is 0.465 e. The molecule has 0 radical (unpaired) electrons. The number of H-pyrrole nitrogens is 1. The van der Waals surface area contributed by atoms with Crippen molar-refractivity contribution >= 4 is 51.5 Å². The predicted molar refractivity (Wildman–Crippen MR) is 165 cm³/mol. The Labute approximate surface area is 263 Å². The number of aromatic amines is 1. The second-order valence-electron chi connectivity index (χ2n) is 10.0. The zero-order valence-corrected chi connectivity index (χ0v) is 26.3. The minimum Gasteiger partial charge on any atom is -0.465 e. The van der Waals surface area contributed by atoms with Crippen molar-refractivity contribution in [3.8, 4) is 11.5 Å². The first kappa shape index (κ1) is 31.0. The molecule has 1 aliphatic rings. The molecular formula is C29H32Cl2N6O5S. The lowest BCUT2D eigenvalue weighted by Crippen LogP contribution is -2.55. The number of ether oxygens (including phenoxy) is 3. The van der Waals surface area contributed by atoms with Crippen LogP contribution in [0.4, 0.5) is 5.13 Å². The van der Waals surface area contributed by atoms with Gasteiger partial charge in [0.05, 0.1) is 42.5 Å². The second-order valence-corrected chi connectivity index (χ2v) is 11.7. The highest BCUT2D eigenvalue weighted by molar-refractivity contribution is 7.17. The van der Waals surface area contributed by atoms with Crippen LogP contribution in [-0.4, -0.2) is 77.5 Å². The van der Waals surface area contributed by atoms with Crippen LogP contribution in [0.3, 0.4) is 0 Å². The van der Waals surface area contributed by atoms with E-state index in [1.165, 1.54) is 18.4 Å². The third kappa shape index (κ3) is 6.89.